The highest BCUT2D eigenvalue weighted by Crippen LogP contribution is 2.22. The first kappa shape index (κ1) is 19.3. The molecule has 1 N–H and O–H groups in total. The van der Waals surface area contributed by atoms with E-state index in [1.807, 2.05) is 52.2 Å². The third-order valence-corrected chi connectivity index (χ3v) is 5.19. The SMILES string of the molecule is Cc1cc(C(=O)CCC(=O)NCC(c2ccccc2)N(C)C)c(C)s1. The summed E-state index contributed by atoms with van der Waals surface area (Å²) in [6.07, 6.45) is 0.475. The number of likely N-dealkylation sites (N-methyl/N-ethyl adjacent to an activating group) is 1. The summed E-state index contributed by atoms with van der Waals surface area (Å²) in [5.74, 6) is -0.0371. The van der Waals surface area contributed by atoms with Gasteiger partial charge < -0.3 is 10.2 Å². The zero-order chi connectivity index (χ0) is 18.4. The Bertz CT molecular complexity index is 723. The Hall–Kier alpha value is -1.98. The molecule has 0 aliphatic rings. The van der Waals surface area contributed by atoms with Gasteiger partial charge >= 0.3 is 0 Å². The average molecular weight is 359 g/mol. The van der Waals surface area contributed by atoms with E-state index in [0.717, 1.165) is 20.9 Å². The Balaban J connectivity index is 1.85. The van der Waals surface area contributed by atoms with Crippen LogP contribution in [0.1, 0.15) is 44.6 Å². The van der Waals surface area contributed by atoms with Gasteiger partial charge in [-0.25, -0.2) is 0 Å². The Kier molecular flexibility index (Phi) is 6.91. The normalized spacial score (nSPS) is 12.2. The fourth-order valence-electron chi connectivity index (χ4n) is 2.84. The van der Waals surface area contributed by atoms with Crippen LogP contribution in [-0.4, -0.2) is 37.2 Å². The summed E-state index contributed by atoms with van der Waals surface area (Å²) < 4.78 is 0. The third-order valence-electron chi connectivity index (χ3n) is 4.22. The maximum atomic E-state index is 12.3. The number of hydrogen-bond donors (Lipinski definition) is 1. The first-order valence-electron chi connectivity index (χ1n) is 8.46. The fourth-order valence-corrected chi connectivity index (χ4v) is 3.78. The Morgan fingerprint density at radius 1 is 1.12 bits per heavy atom. The summed E-state index contributed by atoms with van der Waals surface area (Å²) in [5.41, 5.74) is 1.92. The van der Waals surface area contributed by atoms with Gasteiger partial charge in [-0.05, 0) is 39.6 Å². The number of ketones is 1. The molecule has 5 heteroatoms. The molecule has 2 aromatic rings. The Morgan fingerprint density at radius 2 is 1.80 bits per heavy atom. The van der Waals surface area contributed by atoms with Crippen molar-refractivity contribution in [2.75, 3.05) is 20.6 Å². The van der Waals surface area contributed by atoms with Gasteiger partial charge in [0.05, 0.1) is 6.04 Å². The quantitative estimate of drug-likeness (QED) is 0.731. The zero-order valence-corrected chi connectivity index (χ0v) is 16.2. The average Bonchev–Trinajstić information content (AvgIpc) is 2.92. The van der Waals surface area contributed by atoms with E-state index in [1.165, 1.54) is 0 Å². The van der Waals surface area contributed by atoms with Crippen LogP contribution in [0.2, 0.25) is 0 Å². The Labute approximate surface area is 153 Å². The van der Waals surface area contributed by atoms with Crippen LogP contribution in [0.25, 0.3) is 0 Å². The lowest BCUT2D eigenvalue weighted by atomic mass is 10.1. The molecule has 4 nitrogen and oxygen atoms in total. The molecule has 0 fully saturated rings. The lowest BCUT2D eigenvalue weighted by molar-refractivity contribution is -0.121. The fraction of sp³-hybridized carbons (Fsp3) is 0.400. The molecule has 1 atom stereocenters. The third kappa shape index (κ3) is 5.51. The smallest absolute Gasteiger partial charge is 0.220 e. The predicted molar refractivity (Wildman–Crippen MR) is 103 cm³/mol. The van der Waals surface area contributed by atoms with E-state index >= 15 is 0 Å². The van der Waals surface area contributed by atoms with E-state index in [9.17, 15) is 9.59 Å². The lowest BCUT2D eigenvalue weighted by Gasteiger charge is -2.25. The molecule has 134 valence electrons. The van der Waals surface area contributed by atoms with Gasteiger partial charge in [-0.15, -0.1) is 11.3 Å². The molecule has 0 aliphatic heterocycles. The van der Waals surface area contributed by atoms with Crippen LogP contribution >= 0.6 is 11.3 Å². The van der Waals surface area contributed by atoms with Gasteiger partial charge in [0.15, 0.2) is 5.78 Å². The number of rotatable bonds is 8. The van der Waals surface area contributed by atoms with Crippen molar-refractivity contribution < 1.29 is 9.59 Å². The molecule has 0 bridgehead atoms. The number of benzene rings is 1. The van der Waals surface area contributed by atoms with Crippen molar-refractivity contribution in [1.29, 1.82) is 0 Å². The van der Waals surface area contributed by atoms with Crippen molar-refractivity contribution in [1.82, 2.24) is 10.2 Å². The van der Waals surface area contributed by atoms with Crippen molar-refractivity contribution >= 4 is 23.0 Å². The number of amides is 1. The van der Waals surface area contributed by atoms with E-state index in [1.54, 1.807) is 11.3 Å². The monoisotopic (exact) mass is 358 g/mol. The molecule has 1 aromatic heterocycles. The topological polar surface area (TPSA) is 49.4 Å². The molecule has 1 aromatic carbocycles. The molecular weight excluding hydrogens is 332 g/mol. The minimum Gasteiger partial charge on any atom is -0.354 e. The number of hydrogen-bond acceptors (Lipinski definition) is 4. The molecule has 1 amide bonds. The minimum absolute atomic E-state index is 0.0456. The lowest BCUT2D eigenvalue weighted by Crippen LogP contribution is -2.34. The number of aryl methyl sites for hydroxylation is 2. The molecule has 0 saturated heterocycles. The standard InChI is InChI=1S/C20H26N2O2S/c1-14-12-17(15(2)25-14)19(23)10-11-20(24)21-13-18(22(3)4)16-8-6-5-7-9-16/h5-9,12,18H,10-11,13H2,1-4H3,(H,21,24). The van der Waals surface area contributed by atoms with Gasteiger partial charge in [-0.3, -0.25) is 9.59 Å². The van der Waals surface area contributed by atoms with Crippen LogP contribution in [-0.2, 0) is 4.79 Å². The number of carbonyl (C=O) groups is 2. The van der Waals surface area contributed by atoms with Crippen molar-refractivity contribution in [2.24, 2.45) is 0 Å². The van der Waals surface area contributed by atoms with Gasteiger partial charge in [-0.1, -0.05) is 30.3 Å². The van der Waals surface area contributed by atoms with Gasteiger partial charge in [-0.2, -0.15) is 0 Å². The van der Waals surface area contributed by atoms with Gasteiger partial charge in [0.2, 0.25) is 5.91 Å². The van der Waals surface area contributed by atoms with Crippen LogP contribution in [0, 0.1) is 13.8 Å². The van der Waals surface area contributed by atoms with E-state index in [2.05, 4.69) is 22.3 Å². The number of Topliss-reactive ketones (excluding diaryl/α,β-unsaturated/α-hetero) is 1. The van der Waals surface area contributed by atoms with Crippen molar-refractivity contribution in [3.05, 3.63) is 57.3 Å². The molecule has 0 saturated carbocycles. The maximum absolute atomic E-state index is 12.3. The highest BCUT2D eigenvalue weighted by Gasteiger charge is 2.17. The zero-order valence-electron chi connectivity index (χ0n) is 15.3. The molecule has 1 heterocycles. The van der Waals surface area contributed by atoms with E-state index in [4.69, 9.17) is 0 Å². The van der Waals surface area contributed by atoms with Crippen molar-refractivity contribution in [3.8, 4) is 0 Å². The molecule has 25 heavy (non-hydrogen) atoms. The summed E-state index contributed by atoms with van der Waals surface area (Å²) in [7, 11) is 3.99. The summed E-state index contributed by atoms with van der Waals surface area (Å²) in [4.78, 5) is 28.7. The number of nitrogens with zero attached hydrogens (tertiary/aromatic N) is 1. The van der Waals surface area contributed by atoms with E-state index in [-0.39, 0.29) is 30.6 Å². The summed E-state index contributed by atoms with van der Waals surface area (Å²) in [5, 5.41) is 2.96. The molecule has 0 radical (unpaired) electrons. The van der Waals surface area contributed by atoms with Gasteiger partial charge in [0.1, 0.15) is 0 Å². The van der Waals surface area contributed by atoms with E-state index < -0.39 is 0 Å². The highest BCUT2D eigenvalue weighted by atomic mass is 32.1. The maximum Gasteiger partial charge on any atom is 0.220 e. The van der Waals surface area contributed by atoms with Gasteiger partial charge in [0.25, 0.3) is 0 Å². The van der Waals surface area contributed by atoms with Crippen molar-refractivity contribution in [2.45, 2.75) is 32.7 Å². The predicted octanol–water partition coefficient (Wildman–Crippen LogP) is 3.75. The molecule has 0 aliphatic carbocycles. The molecular formula is C20H26N2O2S. The van der Waals surface area contributed by atoms with Crippen LogP contribution in [0.3, 0.4) is 0 Å². The summed E-state index contributed by atoms with van der Waals surface area (Å²) >= 11 is 1.62. The highest BCUT2D eigenvalue weighted by molar-refractivity contribution is 7.12. The number of carbonyl (C=O) groups excluding carboxylic acids is 2. The number of thiophene rings is 1. The van der Waals surface area contributed by atoms with Gasteiger partial charge in [0, 0.05) is 34.7 Å². The molecule has 1 unspecified atom stereocenters. The van der Waals surface area contributed by atoms with Crippen LogP contribution in [0.5, 0.6) is 0 Å². The largest absolute Gasteiger partial charge is 0.354 e. The second-order valence-corrected chi connectivity index (χ2v) is 7.90. The van der Waals surface area contributed by atoms with Crippen LogP contribution < -0.4 is 5.32 Å². The van der Waals surface area contributed by atoms with Crippen LogP contribution in [0.4, 0.5) is 0 Å². The molecule has 0 spiro atoms. The first-order valence-corrected chi connectivity index (χ1v) is 9.28. The Morgan fingerprint density at radius 3 is 2.36 bits per heavy atom. The second-order valence-electron chi connectivity index (χ2n) is 6.44. The minimum atomic E-state index is -0.0827. The van der Waals surface area contributed by atoms with Crippen LogP contribution in [0.15, 0.2) is 36.4 Å². The summed E-state index contributed by atoms with van der Waals surface area (Å²) in [6, 6.07) is 12.1. The number of nitrogens with one attached hydrogen (secondary N) is 1. The van der Waals surface area contributed by atoms with E-state index in [0.29, 0.717) is 6.54 Å². The molecule has 2 rings (SSSR count). The second kappa shape index (κ2) is 8.92. The first-order chi connectivity index (χ1) is 11.9. The van der Waals surface area contributed by atoms with Crippen molar-refractivity contribution in [3.63, 3.8) is 0 Å². The summed E-state index contributed by atoms with van der Waals surface area (Å²) in [6.45, 7) is 4.47.